The Hall–Kier alpha value is -1.85. The zero-order valence-corrected chi connectivity index (χ0v) is 12.9. The first-order valence-corrected chi connectivity index (χ1v) is 8.10. The molecule has 6 heteroatoms. The SMILES string of the molecule is C[S@](=O)c1cc(C(=O)O)c(NCc2ccccc2)cc1Cl. The molecule has 0 saturated heterocycles. The molecule has 0 fully saturated rings. The third kappa shape index (κ3) is 3.83. The van der Waals surface area contributed by atoms with Gasteiger partial charge in [-0.15, -0.1) is 0 Å². The van der Waals surface area contributed by atoms with Crippen LogP contribution in [-0.4, -0.2) is 21.5 Å². The summed E-state index contributed by atoms with van der Waals surface area (Å²) in [6.07, 6.45) is 1.46. The van der Waals surface area contributed by atoms with Crippen molar-refractivity contribution in [2.45, 2.75) is 11.4 Å². The molecule has 21 heavy (non-hydrogen) atoms. The average Bonchev–Trinajstić information content (AvgIpc) is 2.45. The molecule has 0 heterocycles. The van der Waals surface area contributed by atoms with E-state index in [4.69, 9.17) is 11.6 Å². The first-order chi connectivity index (χ1) is 9.99. The quantitative estimate of drug-likeness (QED) is 0.885. The van der Waals surface area contributed by atoms with Crippen LogP contribution in [0.15, 0.2) is 47.4 Å². The Kier molecular flexibility index (Phi) is 4.98. The monoisotopic (exact) mass is 323 g/mol. The van der Waals surface area contributed by atoms with Crippen LogP contribution in [0.5, 0.6) is 0 Å². The van der Waals surface area contributed by atoms with E-state index in [1.807, 2.05) is 30.3 Å². The minimum Gasteiger partial charge on any atom is -0.478 e. The molecular formula is C15H14ClNO3S. The highest BCUT2D eigenvalue weighted by atomic mass is 35.5. The lowest BCUT2D eigenvalue weighted by atomic mass is 10.1. The number of rotatable bonds is 5. The largest absolute Gasteiger partial charge is 0.478 e. The average molecular weight is 324 g/mol. The summed E-state index contributed by atoms with van der Waals surface area (Å²) < 4.78 is 11.5. The molecule has 2 aromatic rings. The lowest BCUT2D eigenvalue weighted by molar-refractivity contribution is 0.0697. The van der Waals surface area contributed by atoms with E-state index in [1.54, 1.807) is 0 Å². The van der Waals surface area contributed by atoms with Gasteiger partial charge in [-0.25, -0.2) is 4.79 Å². The summed E-state index contributed by atoms with van der Waals surface area (Å²) in [5.41, 5.74) is 1.49. The number of benzene rings is 2. The lowest BCUT2D eigenvalue weighted by Crippen LogP contribution is -2.08. The number of hydrogen-bond acceptors (Lipinski definition) is 3. The number of hydrogen-bond donors (Lipinski definition) is 2. The van der Waals surface area contributed by atoms with Gasteiger partial charge < -0.3 is 10.4 Å². The zero-order valence-electron chi connectivity index (χ0n) is 11.3. The standard InChI is InChI=1S/C15H14ClNO3S/c1-21(20)14-7-11(15(18)19)13(8-12(14)16)17-9-10-5-3-2-4-6-10/h2-8,17H,9H2,1H3,(H,18,19)/t21-/m0/s1. The molecule has 110 valence electrons. The van der Waals surface area contributed by atoms with Crippen molar-refractivity contribution < 1.29 is 14.1 Å². The maximum absolute atomic E-state index is 11.5. The first kappa shape index (κ1) is 15.5. The van der Waals surface area contributed by atoms with E-state index in [-0.39, 0.29) is 10.6 Å². The number of aromatic carboxylic acids is 1. The van der Waals surface area contributed by atoms with E-state index in [2.05, 4.69) is 5.32 Å². The van der Waals surface area contributed by atoms with Gasteiger partial charge in [0.05, 0.1) is 32.0 Å². The van der Waals surface area contributed by atoms with Gasteiger partial charge in [-0.2, -0.15) is 0 Å². The Morgan fingerprint density at radius 3 is 2.52 bits per heavy atom. The zero-order chi connectivity index (χ0) is 15.4. The molecule has 0 amide bonds. The summed E-state index contributed by atoms with van der Waals surface area (Å²) in [6, 6.07) is 12.5. The van der Waals surface area contributed by atoms with Gasteiger partial charge in [0.15, 0.2) is 0 Å². The predicted molar refractivity (Wildman–Crippen MR) is 84.5 cm³/mol. The third-order valence-electron chi connectivity index (χ3n) is 2.94. The van der Waals surface area contributed by atoms with E-state index < -0.39 is 16.8 Å². The van der Waals surface area contributed by atoms with Gasteiger partial charge >= 0.3 is 5.97 Å². The second-order valence-corrected chi connectivity index (χ2v) is 6.18. The summed E-state index contributed by atoms with van der Waals surface area (Å²) in [5, 5.41) is 12.6. The summed E-state index contributed by atoms with van der Waals surface area (Å²) >= 11 is 6.06. The number of anilines is 1. The van der Waals surface area contributed by atoms with Crippen LogP contribution in [-0.2, 0) is 17.3 Å². The number of nitrogens with one attached hydrogen (secondary N) is 1. The number of carboxylic acids is 1. The minimum atomic E-state index is -1.34. The molecule has 2 N–H and O–H groups in total. The van der Waals surface area contributed by atoms with Crippen molar-refractivity contribution in [2.24, 2.45) is 0 Å². The van der Waals surface area contributed by atoms with E-state index >= 15 is 0 Å². The van der Waals surface area contributed by atoms with Gasteiger partial charge in [0.25, 0.3) is 0 Å². The third-order valence-corrected chi connectivity index (χ3v) is 4.32. The topological polar surface area (TPSA) is 66.4 Å². The van der Waals surface area contributed by atoms with Crippen molar-refractivity contribution in [1.82, 2.24) is 0 Å². The molecule has 0 aliphatic carbocycles. The van der Waals surface area contributed by atoms with Crippen LogP contribution in [0.3, 0.4) is 0 Å². The van der Waals surface area contributed by atoms with E-state index in [0.717, 1.165) is 5.56 Å². The van der Waals surface area contributed by atoms with Gasteiger partial charge in [-0.3, -0.25) is 4.21 Å². The van der Waals surface area contributed by atoms with Gasteiger partial charge in [0, 0.05) is 12.8 Å². The summed E-state index contributed by atoms with van der Waals surface area (Å²) in [6.45, 7) is 0.478. The molecule has 0 saturated carbocycles. The maximum atomic E-state index is 11.5. The highest BCUT2D eigenvalue weighted by Crippen LogP contribution is 2.28. The number of carboxylic acid groups (broad SMARTS) is 1. The van der Waals surface area contributed by atoms with Crippen molar-refractivity contribution in [3.05, 3.63) is 58.6 Å². The highest BCUT2D eigenvalue weighted by Gasteiger charge is 2.16. The predicted octanol–water partition coefficient (Wildman–Crippen LogP) is 3.39. The number of halogens is 1. The minimum absolute atomic E-state index is 0.0560. The van der Waals surface area contributed by atoms with Crippen molar-refractivity contribution in [1.29, 1.82) is 0 Å². The van der Waals surface area contributed by atoms with Gasteiger partial charge in [0.1, 0.15) is 0 Å². The van der Waals surface area contributed by atoms with Crippen LogP contribution in [0, 0.1) is 0 Å². The van der Waals surface area contributed by atoms with Gasteiger partial charge in [-0.1, -0.05) is 41.9 Å². The van der Waals surface area contributed by atoms with Crippen molar-refractivity contribution in [3.63, 3.8) is 0 Å². The molecule has 2 aromatic carbocycles. The Morgan fingerprint density at radius 2 is 1.95 bits per heavy atom. The molecular weight excluding hydrogens is 310 g/mol. The molecule has 0 unspecified atom stereocenters. The molecule has 2 rings (SSSR count). The van der Waals surface area contributed by atoms with E-state index in [1.165, 1.54) is 18.4 Å². The van der Waals surface area contributed by atoms with E-state index in [0.29, 0.717) is 17.1 Å². The molecule has 0 aliphatic rings. The fraction of sp³-hybridized carbons (Fsp3) is 0.133. The normalized spacial score (nSPS) is 11.9. The Bertz CT molecular complexity index is 689. The van der Waals surface area contributed by atoms with Crippen LogP contribution < -0.4 is 5.32 Å². The highest BCUT2D eigenvalue weighted by molar-refractivity contribution is 7.84. The van der Waals surface area contributed by atoms with Crippen molar-refractivity contribution in [2.75, 3.05) is 11.6 Å². The molecule has 4 nitrogen and oxygen atoms in total. The summed E-state index contributed by atoms with van der Waals surface area (Å²) in [7, 11) is -1.34. The van der Waals surface area contributed by atoms with Crippen LogP contribution in [0.2, 0.25) is 5.02 Å². The fourth-order valence-electron chi connectivity index (χ4n) is 1.89. The Morgan fingerprint density at radius 1 is 1.29 bits per heavy atom. The molecule has 0 spiro atoms. The maximum Gasteiger partial charge on any atom is 0.337 e. The molecule has 0 aromatic heterocycles. The molecule has 1 atom stereocenters. The summed E-state index contributed by atoms with van der Waals surface area (Å²) in [4.78, 5) is 11.7. The van der Waals surface area contributed by atoms with E-state index in [9.17, 15) is 14.1 Å². The summed E-state index contributed by atoms with van der Waals surface area (Å²) in [5.74, 6) is -1.09. The second kappa shape index (κ2) is 6.74. The van der Waals surface area contributed by atoms with Crippen LogP contribution in [0.1, 0.15) is 15.9 Å². The van der Waals surface area contributed by atoms with Gasteiger partial charge in [-0.05, 0) is 17.7 Å². The fourth-order valence-corrected chi connectivity index (χ4v) is 3.00. The van der Waals surface area contributed by atoms with Crippen molar-refractivity contribution >= 4 is 34.1 Å². The molecule has 0 aliphatic heterocycles. The van der Waals surface area contributed by atoms with Crippen molar-refractivity contribution in [3.8, 4) is 0 Å². The second-order valence-electron chi connectivity index (χ2n) is 4.43. The van der Waals surface area contributed by atoms with Crippen LogP contribution >= 0.6 is 11.6 Å². The molecule has 0 bridgehead atoms. The van der Waals surface area contributed by atoms with Gasteiger partial charge in [0.2, 0.25) is 0 Å². The smallest absolute Gasteiger partial charge is 0.337 e. The van der Waals surface area contributed by atoms with Crippen LogP contribution in [0.25, 0.3) is 0 Å². The Labute approximate surface area is 130 Å². The van der Waals surface area contributed by atoms with Crippen LogP contribution in [0.4, 0.5) is 5.69 Å². The Balaban J connectivity index is 2.32. The first-order valence-electron chi connectivity index (χ1n) is 6.17. The molecule has 0 radical (unpaired) electrons. The lowest BCUT2D eigenvalue weighted by Gasteiger charge is -2.12. The number of carbonyl (C=O) groups is 1.